The van der Waals surface area contributed by atoms with E-state index in [1.165, 1.54) is 35.0 Å². The number of aldehydes is 1. The van der Waals surface area contributed by atoms with E-state index in [2.05, 4.69) is 10.1 Å². The van der Waals surface area contributed by atoms with Gasteiger partial charge in [-0.3, -0.25) is 4.79 Å². The highest BCUT2D eigenvalue weighted by atomic mass is 19.4. The van der Waals surface area contributed by atoms with E-state index < -0.39 is 11.7 Å². The van der Waals surface area contributed by atoms with Gasteiger partial charge < -0.3 is 0 Å². The number of halogens is 3. The highest BCUT2D eigenvalue weighted by Gasteiger charge is 2.34. The lowest BCUT2D eigenvalue weighted by molar-refractivity contribution is -0.137. The number of benzene rings is 1. The first-order valence-corrected chi connectivity index (χ1v) is 5.98. The zero-order chi connectivity index (χ0) is 15.0. The van der Waals surface area contributed by atoms with E-state index in [4.69, 9.17) is 0 Å². The van der Waals surface area contributed by atoms with Gasteiger partial charge in [-0.2, -0.15) is 13.2 Å². The first kappa shape index (κ1) is 13.3. The first-order valence-electron chi connectivity index (χ1n) is 5.98. The van der Waals surface area contributed by atoms with E-state index >= 15 is 0 Å². The van der Waals surface area contributed by atoms with Gasteiger partial charge in [0.15, 0.2) is 17.8 Å². The maximum absolute atomic E-state index is 13.0. The van der Waals surface area contributed by atoms with Crippen LogP contribution in [0.3, 0.4) is 0 Å². The minimum Gasteiger partial charge on any atom is -0.298 e. The second kappa shape index (κ2) is 4.69. The Kier molecular flexibility index (Phi) is 2.97. The molecule has 0 aliphatic heterocycles. The molecule has 2 aromatic heterocycles. The minimum absolute atomic E-state index is 0.0720. The van der Waals surface area contributed by atoms with Gasteiger partial charge in [0.2, 0.25) is 0 Å². The molecule has 2 heterocycles. The van der Waals surface area contributed by atoms with Crippen molar-refractivity contribution in [3.8, 4) is 11.4 Å². The number of rotatable bonds is 2. The van der Waals surface area contributed by atoms with Crippen molar-refractivity contribution in [2.75, 3.05) is 0 Å². The van der Waals surface area contributed by atoms with Gasteiger partial charge in [0, 0.05) is 11.8 Å². The fraction of sp³-hybridized carbons (Fsp3) is 0.0714. The van der Waals surface area contributed by atoms with Crippen LogP contribution < -0.4 is 0 Å². The number of fused-ring (bicyclic) bond motifs is 1. The van der Waals surface area contributed by atoms with Gasteiger partial charge in [-0.05, 0) is 18.2 Å². The van der Waals surface area contributed by atoms with Crippen LogP contribution in [0.15, 0.2) is 42.6 Å². The maximum Gasteiger partial charge on any atom is 0.417 e. The third-order valence-electron chi connectivity index (χ3n) is 2.99. The molecule has 1 aromatic carbocycles. The Morgan fingerprint density at radius 3 is 2.57 bits per heavy atom. The molecule has 21 heavy (non-hydrogen) atoms. The molecule has 0 aliphatic carbocycles. The van der Waals surface area contributed by atoms with Crippen LogP contribution in [0.5, 0.6) is 0 Å². The van der Waals surface area contributed by atoms with E-state index in [9.17, 15) is 18.0 Å². The summed E-state index contributed by atoms with van der Waals surface area (Å²) in [4.78, 5) is 15.0. The number of carbonyl (C=O) groups is 1. The number of hydrogen-bond donors (Lipinski definition) is 0. The van der Waals surface area contributed by atoms with Gasteiger partial charge in [-0.15, -0.1) is 5.10 Å². The Balaban J connectivity index is 2.25. The lowest BCUT2D eigenvalue weighted by Gasteiger charge is -2.09. The standard InChI is InChI=1S/C14H8F3N3O/c15-14(16,17)11-6-2-1-5-10(11)12-18-13-9(8-21)4-3-7-20(13)19-12/h1-8H. The second-order valence-electron chi connectivity index (χ2n) is 4.33. The normalized spacial score (nSPS) is 11.8. The lowest BCUT2D eigenvalue weighted by atomic mass is 10.1. The summed E-state index contributed by atoms with van der Waals surface area (Å²) >= 11 is 0. The number of alkyl halides is 3. The van der Waals surface area contributed by atoms with Gasteiger partial charge >= 0.3 is 6.18 Å². The van der Waals surface area contributed by atoms with Gasteiger partial charge in [-0.1, -0.05) is 18.2 Å². The predicted molar refractivity (Wildman–Crippen MR) is 68.8 cm³/mol. The topological polar surface area (TPSA) is 47.3 Å². The molecule has 0 N–H and O–H groups in total. The summed E-state index contributed by atoms with van der Waals surface area (Å²) in [5.74, 6) is -0.0720. The predicted octanol–water partition coefficient (Wildman–Crippen LogP) is 3.23. The molecule has 4 nitrogen and oxygen atoms in total. The van der Waals surface area contributed by atoms with Crippen LogP contribution in [0.25, 0.3) is 17.0 Å². The van der Waals surface area contributed by atoms with Crippen LogP contribution in [-0.2, 0) is 6.18 Å². The average Bonchev–Trinajstić information content (AvgIpc) is 2.90. The smallest absolute Gasteiger partial charge is 0.298 e. The van der Waals surface area contributed by atoms with E-state index in [1.54, 1.807) is 6.07 Å². The summed E-state index contributed by atoms with van der Waals surface area (Å²) < 4.78 is 40.3. The molecule has 0 spiro atoms. The van der Waals surface area contributed by atoms with Crippen LogP contribution in [-0.4, -0.2) is 20.9 Å². The van der Waals surface area contributed by atoms with Crippen LogP contribution >= 0.6 is 0 Å². The molecular weight excluding hydrogens is 283 g/mol. The quantitative estimate of drug-likeness (QED) is 0.681. The van der Waals surface area contributed by atoms with E-state index in [1.807, 2.05) is 0 Å². The summed E-state index contributed by atoms with van der Waals surface area (Å²) in [5, 5.41) is 4.01. The first-order chi connectivity index (χ1) is 10.0. The van der Waals surface area contributed by atoms with Crippen molar-refractivity contribution < 1.29 is 18.0 Å². The maximum atomic E-state index is 13.0. The molecule has 3 aromatic rings. The monoisotopic (exact) mass is 291 g/mol. The van der Waals surface area contributed by atoms with Gasteiger partial charge in [-0.25, -0.2) is 9.50 Å². The van der Waals surface area contributed by atoms with Gasteiger partial charge in [0.25, 0.3) is 0 Å². The van der Waals surface area contributed by atoms with Gasteiger partial charge in [0.05, 0.1) is 11.1 Å². The Morgan fingerprint density at radius 2 is 1.86 bits per heavy atom. The summed E-state index contributed by atoms with van der Waals surface area (Å²) in [5.41, 5.74) is -0.445. The van der Waals surface area contributed by atoms with E-state index in [0.717, 1.165) is 6.07 Å². The van der Waals surface area contributed by atoms with E-state index in [-0.39, 0.29) is 22.6 Å². The Hall–Kier alpha value is -2.70. The van der Waals surface area contributed by atoms with Crippen molar-refractivity contribution in [2.45, 2.75) is 6.18 Å². The highest BCUT2D eigenvalue weighted by molar-refractivity contribution is 5.84. The molecule has 0 saturated carbocycles. The molecule has 0 aliphatic rings. The SMILES string of the molecule is O=Cc1cccn2nc(-c3ccccc3C(F)(F)F)nc12. The summed E-state index contributed by atoms with van der Waals surface area (Å²) in [6.07, 6.45) is -2.39. The van der Waals surface area contributed by atoms with Crippen molar-refractivity contribution in [1.29, 1.82) is 0 Å². The van der Waals surface area contributed by atoms with Crippen molar-refractivity contribution in [3.05, 3.63) is 53.7 Å². The number of pyridine rings is 1. The molecule has 0 radical (unpaired) electrons. The molecule has 7 heteroatoms. The molecule has 0 saturated heterocycles. The van der Waals surface area contributed by atoms with Crippen molar-refractivity contribution in [1.82, 2.24) is 14.6 Å². The fourth-order valence-corrected chi connectivity index (χ4v) is 2.06. The summed E-state index contributed by atoms with van der Waals surface area (Å²) in [7, 11) is 0. The molecule has 0 bridgehead atoms. The molecule has 0 atom stereocenters. The van der Waals surface area contributed by atoms with Crippen LogP contribution in [0.2, 0.25) is 0 Å². The van der Waals surface area contributed by atoms with Crippen LogP contribution in [0.4, 0.5) is 13.2 Å². The van der Waals surface area contributed by atoms with Crippen molar-refractivity contribution in [3.63, 3.8) is 0 Å². The molecule has 0 unspecified atom stereocenters. The molecule has 0 fully saturated rings. The molecular formula is C14H8F3N3O. The minimum atomic E-state index is -4.50. The lowest BCUT2D eigenvalue weighted by Crippen LogP contribution is -2.07. The number of carbonyl (C=O) groups excluding carboxylic acids is 1. The highest BCUT2D eigenvalue weighted by Crippen LogP contribution is 2.35. The molecule has 0 amide bonds. The average molecular weight is 291 g/mol. The molecule has 3 rings (SSSR count). The Bertz CT molecular complexity index is 824. The largest absolute Gasteiger partial charge is 0.417 e. The second-order valence-corrected chi connectivity index (χ2v) is 4.33. The fourth-order valence-electron chi connectivity index (χ4n) is 2.06. The number of nitrogens with zero attached hydrogens (tertiary/aromatic N) is 3. The van der Waals surface area contributed by atoms with Crippen LogP contribution in [0.1, 0.15) is 15.9 Å². The Labute approximate surface area is 116 Å². The molecule has 106 valence electrons. The van der Waals surface area contributed by atoms with E-state index in [0.29, 0.717) is 6.29 Å². The van der Waals surface area contributed by atoms with Gasteiger partial charge in [0.1, 0.15) is 0 Å². The van der Waals surface area contributed by atoms with Crippen molar-refractivity contribution >= 4 is 11.9 Å². The number of aromatic nitrogens is 3. The van der Waals surface area contributed by atoms with Crippen molar-refractivity contribution in [2.24, 2.45) is 0 Å². The summed E-state index contributed by atoms with van der Waals surface area (Å²) in [6, 6.07) is 8.16. The third kappa shape index (κ3) is 2.26. The number of hydrogen-bond acceptors (Lipinski definition) is 3. The zero-order valence-corrected chi connectivity index (χ0v) is 10.5. The third-order valence-corrected chi connectivity index (χ3v) is 2.99. The summed E-state index contributed by atoms with van der Waals surface area (Å²) in [6.45, 7) is 0. The zero-order valence-electron chi connectivity index (χ0n) is 10.5. The van der Waals surface area contributed by atoms with Crippen LogP contribution in [0, 0.1) is 0 Å². The Morgan fingerprint density at radius 1 is 1.10 bits per heavy atom.